The highest BCUT2D eigenvalue weighted by Crippen LogP contribution is 2.39. The first-order valence-electron chi connectivity index (χ1n) is 10.6. The summed E-state index contributed by atoms with van der Waals surface area (Å²) in [6, 6.07) is 40.5. The first-order valence-corrected chi connectivity index (χ1v) is 11.4. The van der Waals surface area contributed by atoms with Crippen LogP contribution >= 0.6 is 15.9 Å². The predicted molar refractivity (Wildman–Crippen MR) is 138 cm³/mol. The molecule has 0 unspecified atom stereocenters. The minimum atomic E-state index is 0.891. The standard InChI is InChI=1S/C30H19BrO/c31-28-14-6-13-27-26-12-5-11-25(29(26)32-30(27)28)24-10-4-9-23(19-24)22-17-15-21(16-18-22)20-7-2-1-3-8-20/h1-19H. The summed E-state index contributed by atoms with van der Waals surface area (Å²) in [5.41, 5.74) is 8.92. The second-order valence-corrected chi connectivity index (χ2v) is 8.78. The van der Waals surface area contributed by atoms with Crippen LogP contribution in [-0.4, -0.2) is 0 Å². The van der Waals surface area contributed by atoms with E-state index in [2.05, 4.69) is 113 Å². The number of fused-ring (bicyclic) bond motifs is 3. The minimum Gasteiger partial charge on any atom is -0.454 e. The minimum absolute atomic E-state index is 0.891. The molecule has 6 aromatic rings. The largest absolute Gasteiger partial charge is 0.454 e. The van der Waals surface area contributed by atoms with Crippen LogP contribution in [0, 0.1) is 0 Å². The molecule has 0 amide bonds. The molecule has 0 spiro atoms. The Morgan fingerprint density at radius 2 is 1.00 bits per heavy atom. The molecule has 0 fully saturated rings. The molecule has 5 aromatic carbocycles. The highest BCUT2D eigenvalue weighted by Gasteiger charge is 2.14. The maximum absolute atomic E-state index is 6.33. The average molecular weight is 475 g/mol. The van der Waals surface area contributed by atoms with E-state index in [4.69, 9.17) is 4.42 Å². The van der Waals surface area contributed by atoms with Gasteiger partial charge in [-0.1, -0.05) is 103 Å². The quantitative estimate of drug-likeness (QED) is 0.249. The summed E-state index contributed by atoms with van der Waals surface area (Å²) < 4.78 is 7.31. The second kappa shape index (κ2) is 7.81. The highest BCUT2D eigenvalue weighted by molar-refractivity contribution is 9.10. The zero-order chi connectivity index (χ0) is 21.5. The van der Waals surface area contributed by atoms with E-state index in [9.17, 15) is 0 Å². The lowest BCUT2D eigenvalue weighted by molar-refractivity contribution is 0.668. The normalized spacial score (nSPS) is 11.3. The Labute approximate surface area is 195 Å². The topological polar surface area (TPSA) is 13.1 Å². The Hall–Kier alpha value is -3.62. The van der Waals surface area contributed by atoms with Gasteiger partial charge in [0, 0.05) is 16.3 Å². The van der Waals surface area contributed by atoms with Crippen molar-refractivity contribution < 1.29 is 4.42 Å². The van der Waals surface area contributed by atoms with Gasteiger partial charge in [0.25, 0.3) is 0 Å². The predicted octanol–water partition coefficient (Wildman–Crippen LogP) is 9.35. The van der Waals surface area contributed by atoms with E-state index >= 15 is 0 Å². The molecule has 0 aliphatic heterocycles. The van der Waals surface area contributed by atoms with Crippen LogP contribution in [0.3, 0.4) is 0 Å². The highest BCUT2D eigenvalue weighted by atomic mass is 79.9. The molecule has 6 rings (SSSR count). The Bertz CT molecular complexity index is 1560. The molecule has 152 valence electrons. The Balaban J connectivity index is 1.44. The molecule has 0 saturated carbocycles. The van der Waals surface area contributed by atoms with E-state index < -0.39 is 0 Å². The van der Waals surface area contributed by atoms with Gasteiger partial charge in [-0.2, -0.15) is 0 Å². The fourth-order valence-corrected chi connectivity index (χ4v) is 4.81. The van der Waals surface area contributed by atoms with E-state index in [1.165, 1.54) is 22.3 Å². The molecule has 0 atom stereocenters. The molecule has 0 bridgehead atoms. The number of para-hydroxylation sites is 2. The zero-order valence-corrected chi connectivity index (χ0v) is 18.8. The van der Waals surface area contributed by atoms with Crippen LogP contribution in [0.1, 0.15) is 0 Å². The van der Waals surface area contributed by atoms with Crippen molar-refractivity contribution in [1.82, 2.24) is 0 Å². The van der Waals surface area contributed by atoms with E-state index in [1.807, 2.05) is 18.2 Å². The Morgan fingerprint density at radius 3 is 1.78 bits per heavy atom. The van der Waals surface area contributed by atoms with E-state index in [0.717, 1.165) is 37.5 Å². The van der Waals surface area contributed by atoms with Gasteiger partial charge in [-0.3, -0.25) is 0 Å². The van der Waals surface area contributed by atoms with Crippen molar-refractivity contribution in [2.75, 3.05) is 0 Å². The van der Waals surface area contributed by atoms with Crippen LogP contribution in [-0.2, 0) is 0 Å². The van der Waals surface area contributed by atoms with Gasteiger partial charge in [0.1, 0.15) is 11.2 Å². The SMILES string of the molecule is Brc1cccc2c1oc1c(-c3cccc(-c4ccc(-c5ccccc5)cc4)c3)cccc12. The van der Waals surface area contributed by atoms with Crippen LogP contribution in [0.25, 0.3) is 55.3 Å². The van der Waals surface area contributed by atoms with Gasteiger partial charge < -0.3 is 4.42 Å². The summed E-state index contributed by atoms with van der Waals surface area (Å²) in [6.45, 7) is 0. The van der Waals surface area contributed by atoms with Crippen molar-refractivity contribution in [3.63, 3.8) is 0 Å². The molecule has 0 aliphatic carbocycles. The van der Waals surface area contributed by atoms with Crippen molar-refractivity contribution in [2.45, 2.75) is 0 Å². The summed E-state index contributed by atoms with van der Waals surface area (Å²) >= 11 is 3.63. The van der Waals surface area contributed by atoms with Crippen molar-refractivity contribution in [3.05, 3.63) is 120 Å². The molecule has 0 saturated heterocycles. The summed E-state index contributed by atoms with van der Waals surface area (Å²) in [4.78, 5) is 0. The molecular weight excluding hydrogens is 456 g/mol. The molecule has 1 nitrogen and oxygen atoms in total. The van der Waals surface area contributed by atoms with Crippen LogP contribution in [0.4, 0.5) is 0 Å². The maximum Gasteiger partial charge on any atom is 0.149 e. The monoisotopic (exact) mass is 474 g/mol. The zero-order valence-electron chi connectivity index (χ0n) is 17.3. The van der Waals surface area contributed by atoms with Gasteiger partial charge in [-0.05, 0) is 55.9 Å². The number of halogens is 1. The van der Waals surface area contributed by atoms with Gasteiger partial charge in [-0.25, -0.2) is 0 Å². The van der Waals surface area contributed by atoms with Gasteiger partial charge >= 0.3 is 0 Å². The fraction of sp³-hybridized carbons (Fsp3) is 0. The molecular formula is C30H19BrO. The van der Waals surface area contributed by atoms with Gasteiger partial charge in [0.05, 0.1) is 4.47 Å². The third kappa shape index (κ3) is 3.24. The smallest absolute Gasteiger partial charge is 0.149 e. The lowest BCUT2D eigenvalue weighted by Gasteiger charge is -2.08. The number of hydrogen-bond acceptors (Lipinski definition) is 1. The lowest BCUT2D eigenvalue weighted by atomic mass is 9.96. The lowest BCUT2D eigenvalue weighted by Crippen LogP contribution is -1.83. The first-order chi connectivity index (χ1) is 15.8. The van der Waals surface area contributed by atoms with Crippen molar-refractivity contribution in [3.8, 4) is 33.4 Å². The number of benzene rings is 5. The molecule has 0 radical (unpaired) electrons. The van der Waals surface area contributed by atoms with Gasteiger partial charge in [-0.15, -0.1) is 0 Å². The first kappa shape index (κ1) is 19.1. The number of furan rings is 1. The Kier molecular flexibility index (Phi) is 4.66. The summed E-state index contributed by atoms with van der Waals surface area (Å²) in [5.74, 6) is 0. The average Bonchev–Trinajstić information content (AvgIpc) is 3.25. The molecule has 1 heterocycles. The van der Waals surface area contributed by atoms with E-state index in [0.29, 0.717) is 0 Å². The summed E-state index contributed by atoms with van der Waals surface area (Å²) in [7, 11) is 0. The molecule has 32 heavy (non-hydrogen) atoms. The maximum atomic E-state index is 6.33. The van der Waals surface area contributed by atoms with E-state index in [-0.39, 0.29) is 0 Å². The number of hydrogen-bond donors (Lipinski definition) is 0. The summed E-state index contributed by atoms with van der Waals surface area (Å²) in [5, 5.41) is 2.26. The van der Waals surface area contributed by atoms with Crippen molar-refractivity contribution in [1.29, 1.82) is 0 Å². The third-order valence-electron chi connectivity index (χ3n) is 5.98. The molecule has 2 heteroatoms. The van der Waals surface area contributed by atoms with Crippen LogP contribution < -0.4 is 0 Å². The van der Waals surface area contributed by atoms with Crippen LogP contribution in [0.15, 0.2) is 124 Å². The number of rotatable bonds is 3. The third-order valence-corrected chi connectivity index (χ3v) is 6.60. The van der Waals surface area contributed by atoms with Crippen LogP contribution in [0.2, 0.25) is 0 Å². The second-order valence-electron chi connectivity index (χ2n) is 7.93. The van der Waals surface area contributed by atoms with Crippen molar-refractivity contribution >= 4 is 37.9 Å². The summed E-state index contributed by atoms with van der Waals surface area (Å²) in [6.07, 6.45) is 0. The van der Waals surface area contributed by atoms with Gasteiger partial charge in [0.2, 0.25) is 0 Å². The molecule has 0 aliphatic rings. The van der Waals surface area contributed by atoms with E-state index in [1.54, 1.807) is 0 Å². The fourth-order valence-electron chi connectivity index (χ4n) is 4.37. The molecule has 0 N–H and O–H groups in total. The van der Waals surface area contributed by atoms with Gasteiger partial charge in [0.15, 0.2) is 0 Å². The van der Waals surface area contributed by atoms with Crippen molar-refractivity contribution in [2.24, 2.45) is 0 Å². The molecule has 1 aromatic heterocycles. The van der Waals surface area contributed by atoms with Crippen LogP contribution in [0.5, 0.6) is 0 Å². The Morgan fingerprint density at radius 1 is 0.438 bits per heavy atom.